The van der Waals surface area contributed by atoms with Crippen LogP contribution in [0.5, 0.6) is 0 Å². The first kappa shape index (κ1) is 21.8. The number of aliphatic hydroxyl groups excluding tert-OH is 1. The van der Waals surface area contributed by atoms with E-state index in [0.717, 1.165) is 11.6 Å². The molecule has 30 heavy (non-hydrogen) atoms. The van der Waals surface area contributed by atoms with Gasteiger partial charge < -0.3 is 15.3 Å². The number of aliphatic hydroxyl groups is 1. The van der Waals surface area contributed by atoms with Crippen molar-refractivity contribution in [1.29, 1.82) is 0 Å². The lowest BCUT2D eigenvalue weighted by molar-refractivity contribution is -0.137. The largest absolute Gasteiger partial charge is 0.419 e. The molecule has 0 unspecified atom stereocenters. The summed E-state index contributed by atoms with van der Waals surface area (Å²) in [5, 5.41) is 12.3. The highest BCUT2D eigenvalue weighted by atomic mass is 19.4. The van der Waals surface area contributed by atoms with Crippen LogP contribution in [-0.4, -0.2) is 35.7 Å². The number of aromatic nitrogens is 1. The van der Waals surface area contributed by atoms with Gasteiger partial charge in [0.25, 0.3) is 5.91 Å². The maximum atomic E-state index is 13.2. The van der Waals surface area contributed by atoms with Gasteiger partial charge in [0, 0.05) is 36.0 Å². The fraction of sp³-hybridized carbons (Fsp3) is 0.364. The molecule has 1 aliphatic rings. The number of nitrogens with one attached hydrogen (secondary N) is 1. The van der Waals surface area contributed by atoms with Gasteiger partial charge in [-0.2, -0.15) is 13.2 Å². The zero-order chi connectivity index (χ0) is 21.9. The zero-order valence-electron chi connectivity index (χ0n) is 16.8. The van der Waals surface area contributed by atoms with Crippen molar-refractivity contribution in [3.63, 3.8) is 0 Å². The maximum Gasteiger partial charge on any atom is 0.419 e. The molecule has 2 heterocycles. The summed E-state index contributed by atoms with van der Waals surface area (Å²) in [6.07, 6.45) is -1.20. The van der Waals surface area contributed by atoms with Crippen molar-refractivity contribution < 1.29 is 23.1 Å². The Morgan fingerprint density at radius 1 is 1.20 bits per heavy atom. The Morgan fingerprint density at radius 3 is 2.47 bits per heavy atom. The lowest BCUT2D eigenvalue weighted by atomic mass is 9.85. The van der Waals surface area contributed by atoms with Crippen LogP contribution in [0.25, 0.3) is 0 Å². The second-order valence-corrected chi connectivity index (χ2v) is 7.87. The van der Waals surface area contributed by atoms with E-state index in [-0.39, 0.29) is 36.8 Å². The fourth-order valence-electron chi connectivity index (χ4n) is 3.25. The summed E-state index contributed by atoms with van der Waals surface area (Å²) in [5.41, 5.74) is 0.933. The molecule has 0 fully saturated rings. The van der Waals surface area contributed by atoms with E-state index in [1.165, 1.54) is 17.2 Å². The molecular formula is C22H24F3N3O2. The first-order chi connectivity index (χ1) is 14.1. The number of amides is 1. The Hall–Kier alpha value is -2.87. The van der Waals surface area contributed by atoms with Gasteiger partial charge >= 0.3 is 6.18 Å². The number of hydrogen-bond acceptors (Lipinski definition) is 4. The molecule has 0 bridgehead atoms. The monoisotopic (exact) mass is 419 g/mol. The predicted octanol–water partition coefficient (Wildman–Crippen LogP) is 4.15. The number of alkyl halides is 3. The Kier molecular flexibility index (Phi) is 6.17. The first-order valence-electron chi connectivity index (χ1n) is 9.61. The summed E-state index contributed by atoms with van der Waals surface area (Å²) in [5.74, 6) is -0.399. The van der Waals surface area contributed by atoms with Crippen LogP contribution in [-0.2, 0) is 16.4 Å². The van der Waals surface area contributed by atoms with E-state index in [9.17, 15) is 23.1 Å². The molecule has 160 valence electrons. The van der Waals surface area contributed by atoms with Gasteiger partial charge in [-0.15, -0.1) is 0 Å². The van der Waals surface area contributed by atoms with Gasteiger partial charge in [-0.05, 0) is 36.2 Å². The molecule has 5 nitrogen and oxygen atoms in total. The number of rotatable bonds is 5. The fourth-order valence-corrected chi connectivity index (χ4v) is 3.25. The molecule has 0 aliphatic carbocycles. The number of nitrogens with zero attached hydrogens (tertiary/aromatic N) is 2. The Morgan fingerprint density at radius 2 is 1.90 bits per heavy atom. The summed E-state index contributed by atoms with van der Waals surface area (Å²) in [4.78, 5) is 18.0. The molecule has 0 radical (unpaired) electrons. The third-order valence-corrected chi connectivity index (χ3v) is 5.21. The van der Waals surface area contributed by atoms with Crippen LogP contribution in [0.15, 0.2) is 54.2 Å². The molecule has 2 N–H and O–H groups in total. The number of hydrogen-bond donors (Lipinski definition) is 2. The highest BCUT2D eigenvalue weighted by Gasteiger charge is 2.36. The number of halogens is 3. The molecule has 8 heteroatoms. The molecule has 1 amide bonds. The summed E-state index contributed by atoms with van der Waals surface area (Å²) < 4.78 is 39.6. The van der Waals surface area contributed by atoms with Crippen molar-refractivity contribution >= 4 is 17.4 Å². The van der Waals surface area contributed by atoms with Gasteiger partial charge in [-0.3, -0.25) is 4.79 Å². The minimum atomic E-state index is -4.48. The van der Waals surface area contributed by atoms with Crippen LogP contribution < -0.4 is 10.2 Å². The van der Waals surface area contributed by atoms with Crippen LogP contribution in [0.4, 0.5) is 24.7 Å². The van der Waals surface area contributed by atoms with E-state index in [0.29, 0.717) is 17.7 Å². The van der Waals surface area contributed by atoms with E-state index >= 15 is 0 Å². The Labute approximate surface area is 173 Å². The number of carbonyl (C=O) groups is 1. The van der Waals surface area contributed by atoms with Gasteiger partial charge in [-0.25, -0.2) is 4.98 Å². The molecule has 2 aromatic rings. The number of pyridine rings is 1. The van der Waals surface area contributed by atoms with Crippen LogP contribution in [0, 0.1) is 0 Å². The summed E-state index contributed by atoms with van der Waals surface area (Å²) >= 11 is 0. The molecular weight excluding hydrogens is 395 g/mol. The third kappa shape index (κ3) is 4.81. The van der Waals surface area contributed by atoms with Gasteiger partial charge in [0.2, 0.25) is 0 Å². The Balaban J connectivity index is 1.67. The molecule has 1 aromatic heterocycles. The van der Waals surface area contributed by atoms with Crippen molar-refractivity contribution in [3.8, 4) is 0 Å². The minimum Gasteiger partial charge on any atom is -0.395 e. The van der Waals surface area contributed by atoms with Crippen molar-refractivity contribution in [2.75, 3.05) is 29.9 Å². The number of benzene rings is 1. The highest BCUT2D eigenvalue weighted by molar-refractivity contribution is 6.04. The van der Waals surface area contributed by atoms with Gasteiger partial charge in [0.15, 0.2) is 0 Å². The normalized spacial score (nSPS) is 15.0. The van der Waals surface area contributed by atoms with E-state index in [4.69, 9.17) is 0 Å². The van der Waals surface area contributed by atoms with Crippen LogP contribution >= 0.6 is 0 Å². The summed E-state index contributed by atoms with van der Waals surface area (Å²) in [7, 11) is 0. The lowest BCUT2D eigenvalue weighted by Gasteiger charge is -2.29. The van der Waals surface area contributed by atoms with Crippen molar-refractivity contribution in [3.05, 3.63) is 65.4 Å². The number of carbonyl (C=O) groups excluding carboxylic acids is 1. The van der Waals surface area contributed by atoms with Crippen LogP contribution in [0.2, 0.25) is 0 Å². The summed E-state index contributed by atoms with van der Waals surface area (Å²) in [6, 6.07) is 9.51. The second kappa shape index (κ2) is 8.47. The highest BCUT2D eigenvalue weighted by Crippen LogP contribution is 2.36. The van der Waals surface area contributed by atoms with Gasteiger partial charge in [0.1, 0.15) is 5.82 Å². The molecule has 0 saturated carbocycles. The molecule has 1 aliphatic heterocycles. The van der Waals surface area contributed by atoms with Crippen molar-refractivity contribution in [2.45, 2.75) is 31.9 Å². The van der Waals surface area contributed by atoms with Crippen molar-refractivity contribution in [1.82, 2.24) is 4.98 Å². The van der Waals surface area contributed by atoms with Crippen LogP contribution in [0.1, 0.15) is 31.4 Å². The Bertz CT molecular complexity index is 937. The number of anilines is 2. The first-order valence-corrected chi connectivity index (χ1v) is 9.61. The molecule has 1 aromatic carbocycles. The summed E-state index contributed by atoms with van der Waals surface area (Å²) in [6.45, 7) is 4.29. The zero-order valence-corrected chi connectivity index (χ0v) is 16.8. The molecule has 3 rings (SSSR count). The average molecular weight is 419 g/mol. The predicted molar refractivity (Wildman–Crippen MR) is 109 cm³/mol. The van der Waals surface area contributed by atoms with Crippen LogP contribution in [0.3, 0.4) is 0 Å². The SMILES string of the molecule is CC(C)(CO)c1ccc(NC(=O)C2=CCN(c3ncccc3C(F)(F)F)CC2)cc1. The van der Waals surface area contributed by atoms with Gasteiger partial charge in [-0.1, -0.05) is 32.1 Å². The van der Waals surface area contributed by atoms with E-state index < -0.39 is 11.7 Å². The smallest absolute Gasteiger partial charge is 0.395 e. The van der Waals surface area contributed by atoms with E-state index in [2.05, 4.69) is 10.3 Å². The second-order valence-electron chi connectivity index (χ2n) is 7.87. The topological polar surface area (TPSA) is 65.5 Å². The lowest BCUT2D eigenvalue weighted by Crippen LogP contribution is -2.33. The van der Waals surface area contributed by atoms with Crippen molar-refractivity contribution in [2.24, 2.45) is 0 Å². The van der Waals surface area contributed by atoms with Gasteiger partial charge in [0.05, 0.1) is 12.2 Å². The maximum absolute atomic E-state index is 13.2. The van der Waals surface area contributed by atoms with E-state index in [1.54, 1.807) is 18.2 Å². The molecule has 0 saturated heterocycles. The average Bonchev–Trinajstić information content (AvgIpc) is 2.73. The minimum absolute atomic E-state index is 0.00835. The quantitative estimate of drug-likeness (QED) is 0.764. The third-order valence-electron chi connectivity index (χ3n) is 5.21. The van der Waals surface area contributed by atoms with E-state index in [1.807, 2.05) is 26.0 Å². The molecule has 0 spiro atoms. The standard InChI is InChI=1S/C22H24F3N3O2/c1-21(2,14-29)16-5-7-17(8-6-16)27-20(30)15-9-12-28(13-10-15)19-18(22(23,24)25)4-3-11-26-19/h3-9,11,29H,10,12-14H2,1-2H3,(H,27,30). The molecule has 0 atom stereocenters.